The Morgan fingerprint density at radius 2 is 1.83 bits per heavy atom. The molecule has 0 saturated carbocycles. The van der Waals surface area contributed by atoms with Gasteiger partial charge in [-0.2, -0.15) is 0 Å². The molecule has 0 aliphatic heterocycles. The van der Waals surface area contributed by atoms with E-state index in [0.717, 1.165) is 6.16 Å². The quantitative estimate of drug-likeness (QED) is 0.555. The Balaban J connectivity index is 0. The third-order valence-corrected chi connectivity index (χ3v) is 1.49. The fourth-order valence-electron chi connectivity index (χ4n) is 0. The first-order chi connectivity index (χ1) is 2.27. The second-order valence-electron chi connectivity index (χ2n) is 1.06. The molecule has 0 heterocycles. The molecule has 0 N–H and O–H groups in total. The van der Waals surface area contributed by atoms with Gasteiger partial charge in [0, 0.05) is 32.7 Å². The van der Waals surface area contributed by atoms with Gasteiger partial charge >= 0.3 is 0 Å². The maximum Gasteiger partial charge on any atom is 0.0730 e. The molecule has 0 aliphatic rings. The van der Waals surface area contributed by atoms with E-state index in [1.807, 2.05) is 6.92 Å². The molecule has 0 rings (SSSR count). The molecule has 0 aromatic rings. The van der Waals surface area contributed by atoms with Gasteiger partial charge in [-0.3, -0.25) is 0 Å². The standard InChI is InChI=1S/C3H9OP.Y/c1-3-5(2)4;/h5H,3H2,1-2H3;. The van der Waals surface area contributed by atoms with E-state index in [9.17, 15) is 4.57 Å². The topological polar surface area (TPSA) is 17.1 Å². The maximum atomic E-state index is 10.00. The van der Waals surface area contributed by atoms with Crippen LogP contribution in [0.4, 0.5) is 0 Å². The molecular formula is C3H9OPY. The zero-order valence-corrected chi connectivity index (χ0v) is 8.03. The molecule has 3 heteroatoms. The van der Waals surface area contributed by atoms with Gasteiger partial charge in [-0.15, -0.1) is 0 Å². The summed E-state index contributed by atoms with van der Waals surface area (Å²) >= 11 is 0. The molecule has 1 atom stereocenters. The Labute approximate surface area is 64.6 Å². The van der Waals surface area contributed by atoms with Gasteiger partial charge in [0.1, 0.15) is 0 Å². The van der Waals surface area contributed by atoms with E-state index in [-0.39, 0.29) is 32.7 Å². The molecule has 1 radical (unpaired) electrons. The van der Waals surface area contributed by atoms with Crippen LogP contribution in [0.1, 0.15) is 6.92 Å². The van der Waals surface area contributed by atoms with Crippen LogP contribution in [-0.4, -0.2) is 12.8 Å². The SMILES string of the molecule is CC[PH](C)=O.[Y]. The summed E-state index contributed by atoms with van der Waals surface area (Å²) in [5.41, 5.74) is 0. The molecule has 0 aromatic carbocycles. The third-order valence-electron chi connectivity index (χ3n) is 0.498. The molecular weight excluding hydrogens is 172 g/mol. The summed E-state index contributed by atoms with van der Waals surface area (Å²) in [6.45, 7) is 3.70. The Bertz CT molecular complexity index is 46.1. The Hall–Kier alpha value is 1.33. The molecule has 0 spiro atoms. The van der Waals surface area contributed by atoms with Crippen molar-refractivity contribution in [1.82, 2.24) is 0 Å². The van der Waals surface area contributed by atoms with Crippen molar-refractivity contribution < 1.29 is 37.3 Å². The van der Waals surface area contributed by atoms with Crippen molar-refractivity contribution in [2.75, 3.05) is 12.8 Å². The minimum atomic E-state index is -1.12. The molecule has 0 aromatic heterocycles. The van der Waals surface area contributed by atoms with Crippen molar-refractivity contribution in [2.24, 2.45) is 0 Å². The zero-order valence-electron chi connectivity index (χ0n) is 4.19. The summed E-state index contributed by atoms with van der Waals surface area (Å²) < 4.78 is 10.00. The summed E-state index contributed by atoms with van der Waals surface area (Å²) in [6.07, 6.45) is 0.852. The normalized spacial score (nSPS) is 12.3. The van der Waals surface area contributed by atoms with Crippen LogP contribution in [0.25, 0.3) is 0 Å². The average Bonchev–Trinajstić information content (AvgIpc) is 1.38. The molecule has 0 bridgehead atoms. The second-order valence-corrected chi connectivity index (χ2v) is 3.17. The van der Waals surface area contributed by atoms with E-state index in [2.05, 4.69) is 0 Å². The number of hydrogen-bond donors (Lipinski definition) is 0. The van der Waals surface area contributed by atoms with Crippen molar-refractivity contribution in [3.63, 3.8) is 0 Å². The molecule has 1 nitrogen and oxygen atoms in total. The number of hydrogen-bond acceptors (Lipinski definition) is 1. The fourth-order valence-corrected chi connectivity index (χ4v) is 0. The van der Waals surface area contributed by atoms with Crippen LogP contribution >= 0.6 is 7.80 Å². The van der Waals surface area contributed by atoms with Gasteiger partial charge in [-0.25, -0.2) is 0 Å². The zero-order chi connectivity index (χ0) is 4.28. The van der Waals surface area contributed by atoms with Crippen molar-refractivity contribution in [3.05, 3.63) is 0 Å². The minimum absolute atomic E-state index is 0. The van der Waals surface area contributed by atoms with Crippen LogP contribution in [0.5, 0.6) is 0 Å². The van der Waals surface area contributed by atoms with Crippen LogP contribution in [0.15, 0.2) is 0 Å². The third kappa shape index (κ3) is 9.01. The van der Waals surface area contributed by atoms with E-state index >= 15 is 0 Å². The van der Waals surface area contributed by atoms with E-state index in [1.165, 1.54) is 0 Å². The van der Waals surface area contributed by atoms with Gasteiger partial charge in [-0.05, 0) is 12.8 Å². The molecule has 0 saturated heterocycles. The predicted molar refractivity (Wildman–Crippen MR) is 25.5 cm³/mol. The van der Waals surface area contributed by atoms with Crippen molar-refractivity contribution in [2.45, 2.75) is 6.92 Å². The van der Waals surface area contributed by atoms with Crippen molar-refractivity contribution >= 4 is 7.80 Å². The summed E-state index contributed by atoms with van der Waals surface area (Å²) in [5.74, 6) is 0. The largest absolute Gasteiger partial charge is 0.327 e. The minimum Gasteiger partial charge on any atom is -0.327 e. The van der Waals surface area contributed by atoms with Crippen molar-refractivity contribution in [3.8, 4) is 0 Å². The molecule has 0 fully saturated rings. The van der Waals surface area contributed by atoms with Crippen LogP contribution < -0.4 is 0 Å². The first-order valence-electron chi connectivity index (χ1n) is 1.76. The van der Waals surface area contributed by atoms with Gasteiger partial charge in [0.2, 0.25) is 0 Å². The molecule has 6 heavy (non-hydrogen) atoms. The second kappa shape index (κ2) is 6.33. The smallest absolute Gasteiger partial charge is 0.0730 e. The van der Waals surface area contributed by atoms with Crippen LogP contribution in [0, 0.1) is 0 Å². The Kier molecular flexibility index (Phi) is 10.9. The summed E-state index contributed by atoms with van der Waals surface area (Å²) in [7, 11) is -1.12. The average molecular weight is 181 g/mol. The van der Waals surface area contributed by atoms with Gasteiger partial charge in [0.25, 0.3) is 0 Å². The van der Waals surface area contributed by atoms with Gasteiger partial charge in [-0.1, -0.05) is 6.92 Å². The summed E-state index contributed by atoms with van der Waals surface area (Å²) in [6, 6.07) is 0. The summed E-state index contributed by atoms with van der Waals surface area (Å²) in [5, 5.41) is 0. The maximum absolute atomic E-state index is 10.00. The van der Waals surface area contributed by atoms with E-state index in [1.54, 1.807) is 6.66 Å². The Morgan fingerprint density at radius 3 is 1.83 bits per heavy atom. The van der Waals surface area contributed by atoms with Gasteiger partial charge in [0.15, 0.2) is 0 Å². The van der Waals surface area contributed by atoms with Crippen LogP contribution in [0.2, 0.25) is 0 Å². The predicted octanol–water partition coefficient (Wildman–Crippen LogP) is 1.19. The molecule has 1 unspecified atom stereocenters. The fraction of sp³-hybridized carbons (Fsp3) is 1.00. The number of rotatable bonds is 1. The van der Waals surface area contributed by atoms with E-state index < -0.39 is 7.80 Å². The molecule has 0 aliphatic carbocycles. The first-order valence-corrected chi connectivity index (χ1v) is 3.88. The van der Waals surface area contributed by atoms with Crippen LogP contribution in [-0.2, 0) is 37.3 Å². The van der Waals surface area contributed by atoms with Crippen molar-refractivity contribution in [1.29, 1.82) is 0 Å². The summed E-state index contributed by atoms with van der Waals surface area (Å²) in [4.78, 5) is 0. The first kappa shape index (κ1) is 10.3. The monoisotopic (exact) mass is 181 g/mol. The van der Waals surface area contributed by atoms with Crippen LogP contribution in [0.3, 0.4) is 0 Å². The van der Waals surface area contributed by atoms with E-state index in [0.29, 0.717) is 0 Å². The van der Waals surface area contributed by atoms with Gasteiger partial charge in [0.05, 0.1) is 7.80 Å². The Morgan fingerprint density at radius 1 is 1.67 bits per heavy atom. The van der Waals surface area contributed by atoms with Gasteiger partial charge < -0.3 is 4.57 Å². The molecule has 0 amide bonds. The molecule has 35 valence electrons. The van der Waals surface area contributed by atoms with E-state index in [4.69, 9.17) is 0 Å².